The maximum atomic E-state index is 13.2. The van der Waals surface area contributed by atoms with Gasteiger partial charge in [0.25, 0.3) is 5.91 Å². The highest BCUT2D eigenvalue weighted by molar-refractivity contribution is 5.99. The highest BCUT2D eigenvalue weighted by Gasteiger charge is 2.31. The molecule has 170 valence electrons. The number of hydrogen-bond acceptors (Lipinski definition) is 5. The number of fused-ring (bicyclic) bond motifs is 1. The summed E-state index contributed by atoms with van der Waals surface area (Å²) in [4.78, 5) is 41.0. The van der Waals surface area contributed by atoms with Gasteiger partial charge in [0, 0.05) is 57.8 Å². The highest BCUT2D eigenvalue weighted by atomic mass is 16.5. The Morgan fingerprint density at radius 1 is 1.19 bits per heavy atom. The largest absolute Gasteiger partial charge is 0.491 e. The van der Waals surface area contributed by atoms with E-state index in [-0.39, 0.29) is 48.3 Å². The summed E-state index contributed by atoms with van der Waals surface area (Å²) in [6.45, 7) is 6.61. The van der Waals surface area contributed by atoms with E-state index in [0.29, 0.717) is 30.1 Å². The molecule has 1 aromatic carbocycles. The van der Waals surface area contributed by atoms with Crippen molar-refractivity contribution in [2.24, 2.45) is 11.8 Å². The quantitative estimate of drug-likeness (QED) is 0.794. The molecule has 1 N–H and O–H groups in total. The highest BCUT2D eigenvalue weighted by Crippen LogP contribution is 2.32. The molecule has 3 atom stereocenters. The first kappa shape index (κ1) is 23.1. The number of likely N-dealkylation sites (N-methyl/N-ethyl adjacent to an activating group) is 1. The molecular weight excluding hydrogens is 398 g/mol. The van der Waals surface area contributed by atoms with Crippen LogP contribution in [0.15, 0.2) is 18.2 Å². The second-order valence-corrected chi connectivity index (χ2v) is 8.74. The predicted octanol–water partition coefficient (Wildman–Crippen LogP) is 2.39. The van der Waals surface area contributed by atoms with Crippen LogP contribution in [0.4, 0.5) is 5.69 Å². The van der Waals surface area contributed by atoms with E-state index in [4.69, 9.17) is 9.47 Å². The van der Waals surface area contributed by atoms with Gasteiger partial charge in [-0.3, -0.25) is 14.4 Å². The van der Waals surface area contributed by atoms with Crippen LogP contribution < -0.4 is 10.1 Å². The molecule has 2 aliphatic rings. The summed E-state index contributed by atoms with van der Waals surface area (Å²) in [5.41, 5.74) is 1.01. The molecule has 3 amide bonds. The minimum absolute atomic E-state index is 0.00963. The van der Waals surface area contributed by atoms with Crippen molar-refractivity contribution in [2.75, 3.05) is 39.2 Å². The third-order valence-corrected chi connectivity index (χ3v) is 6.07. The molecule has 0 spiro atoms. The molecule has 1 heterocycles. The van der Waals surface area contributed by atoms with Crippen molar-refractivity contribution in [1.82, 2.24) is 9.80 Å². The number of anilines is 1. The van der Waals surface area contributed by atoms with Crippen LogP contribution in [0.5, 0.6) is 5.75 Å². The Kier molecular flexibility index (Phi) is 7.20. The Morgan fingerprint density at radius 2 is 1.90 bits per heavy atom. The zero-order valence-electron chi connectivity index (χ0n) is 19.0. The zero-order valence-corrected chi connectivity index (χ0v) is 19.0. The number of carbonyl (C=O) groups excluding carboxylic acids is 3. The van der Waals surface area contributed by atoms with Gasteiger partial charge >= 0.3 is 0 Å². The molecular formula is C23H33N3O5. The Bertz CT molecular complexity index is 839. The van der Waals surface area contributed by atoms with Crippen LogP contribution >= 0.6 is 0 Å². The lowest BCUT2D eigenvalue weighted by atomic mass is 10.0. The van der Waals surface area contributed by atoms with Crippen molar-refractivity contribution < 1.29 is 23.9 Å². The van der Waals surface area contributed by atoms with Crippen molar-refractivity contribution >= 4 is 23.4 Å². The zero-order chi connectivity index (χ0) is 22.7. The molecule has 3 rings (SSSR count). The molecule has 1 aromatic rings. The number of ether oxygens (including phenoxy) is 2. The number of nitrogens with zero attached hydrogens (tertiary/aromatic N) is 2. The van der Waals surface area contributed by atoms with Gasteiger partial charge in [0.1, 0.15) is 12.4 Å². The SMILES string of the molecule is CO[C@@H]1CN(C)C(=O)c2ccc(NC(=O)C3CC3)cc2OC[C@H](C)N(C(C)=O)C[C@H]1C. The van der Waals surface area contributed by atoms with Crippen LogP contribution in [0.1, 0.15) is 44.0 Å². The lowest BCUT2D eigenvalue weighted by Crippen LogP contribution is -2.48. The normalized spacial score (nSPS) is 25.1. The maximum absolute atomic E-state index is 13.2. The number of rotatable bonds is 3. The Morgan fingerprint density at radius 3 is 2.52 bits per heavy atom. The Balaban J connectivity index is 1.92. The number of carbonyl (C=O) groups is 3. The summed E-state index contributed by atoms with van der Waals surface area (Å²) in [7, 11) is 3.35. The summed E-state index contributed by atoms with van der Waals surface area (Å²) >= 11 is 0. The van der Waals surface area contributed by atoms with E-state index in [0.717, 1.165) is 12.8 Å². The van der Waals surface area contributed by atoms with Gasteiger partial charge in [-0.15, -0.1) is 0 Å². The molecule has 31 heavy (non-hydrogen) atoms. The summed E-state index contributed by atoms with van der Waals surface area (Å²) in [5.74, 6) is 0.274. The fourth-order valence-electron chi connectivity index (χ4n) is 3.88. The third-order valence-electron chi connectivity index (χ3n) is 6.07. The molecule has 8 heteroatoms. The van der Waals surface area contributed by atoms with Gasteiger partial charge in [0.05, 0.1) is 17.7 Å². The van der Waals surface area contributed by atoms with Gasteiger partial charge < -0.3 is 24.6 Å². The first-order chi connectivity index (χ1) is 14.7. The summed E-state index contributed by atoms with van der Waals surface area (Å²) in [5, 5.41) is 2.90. The number of nitrogens with one attached hydrogen (secondary N) is 1. The van der Waals surface area contributed by atoms with Crippen LogP contribution in [0.2, 0.25) is 0 Å². The average molecular weight is 432 g/mol. The van der Waals surface area contributed by atoms with E-state index < -0.39 is 0 Å². The van der Waals surface area contributed by atoms with Crippen molar-refractivity contribution in [3.8, 4) is 5.75 Å². The lowest BCUT2D eigenvalue weighted by molar-refractivity contribution is -0.133. The molecule has 0 radical (unpaired) electrons. The molecule has 0 aromatic heterocycles. The standard InChI is InChI=1S/C23H33N3O5/c1-14-11-26(16(3)27)15(2)13-31-20-10-18(24-22(28)17-6-7-17)8-9-19(20)23(29)25(4)12-21(14)30-5/h8-10,14-15,17,21H,6-7,11-13H2,1-5H3,(H,24,28)/t14-,15+,21-/m1/s1. The second kappa shape index (κ2) is 9.68. The van der Waals surface area contributed by atoms with E-state index in [1.165, 1.54) is 0 Å². The molecule has 0 bridgehead atoms. The van der Waals surface area contributed by atoms with Crippen LogP contribution in [0.3, 0.4) is 0 Å². The van der Waals surface area contributed by atoms with Crippen molar-refractivity contribution in [3.63, 3.8) is 0 Å². The molecule has 1 aliphatic carbocycles. The van der Waals surface area contributed by atoms with Crippen LogP contribution in [-0.4, -0.2) is 73.5 Å². The summed E-state index contributed by atoms with van der Waals surface area (Å²) in [6, 6.07) is 4.90. The van der Waals surface area contributed by atoms with Crippen LogP contribution in [0, 0.1) is 11.8 Å². The van der Waals surface area contributed by atoms with Gasteiger partial charge in [-0.25, -0.2) is 0 Å². The second-order valence-electron chi connectivity index (χ2n) is 8.74. The smallest absolute Gasteiger partial charge is 0.257 e. The van der Waals surface area contributed by atoms with Gasteiger partial charge in [0.15, 0.2) is 0 Å². The number of methoxy groups -OCH3 is 1. The first-order valence-electron chi connectivity index (χ1n) is 10.8. The molecule has 0 saturated heterocycles. The monoisotopic (exact) mass is 431 g/mol. The van der Waals surface area contributed by atoms with Crippen molar-refractivity contribution in [2.45, 2.75) is 45.8 Å². The Labute approximate surface area is 183 Å². The number of hydrogen-bond donors (Lipinski definition) is 1. The number of benzene rings is 1. The molecule has 0 unspecified atom stereocenters. The van der Waals surface area contributed by atoms with E-state index in [9.17, 15) is 14.4 Å². The van der Waals surface area contributed by atoms with Gasteiger partial charge in [-0.05, 0) is 31.9 Å². The van der Waals surface area contributed by atoms with E-state index in [2.05, 4.69) is 5.32 Å². The third kappa shape index (κ3) is 5.55. The van der Waals surface area contributed by atoms with Gasteiger partial charge in [0.2, 0.25) is 11.8 Å². The molecule has 1 saturated carbocycles. The summed E-state index contributed by atoms with van der Waals surface area (Å²) in [6.07, 6.45) is 1.60. The molecule has 1 aliphatic heterocycles. The minimum Gasteiger partial charge on any atom is -0.491 e. The van der Waals surface area contributed by atoms with Gasteiger partial charge in [-0.1, -0.05) is 6.92 Å². The fraction of sp³-hybridized carbons (Fsp3) is 0.609. The lowest BCUT2D eigenvalue weighted by Gasteiger charge is -2.35. The van der Waals surface area contributed by atoms with Gasteiger partial charge in [-0.2, -0.15) is 0 Å². The minimum atomic E-state index is -0.219. The van der Waals surface area contributed by atoms with E-state index in [1.54, 1.807) is 49.1 Å². The maximum Gasteiger partial charge on any atom is 0.257 e. The molecule has 1 fully saturated rings. The first-order valence-corrected chi connectivity index (χ1v) is 10.8. The van der Waals surface area contributed by atoms with Crippen molar-refractivity contribution in [3.05, 3.63) is 23.8 Å². The van der Waals surface area contributed by atoms with Crippen LogP contribution in [0.25, 0.3) is 0 Å². The predicted molar refractivity (Wildman–Crippen MR) is 117 cm³/mol. The number of amides is 3. The molecule has 8 nitrogen and oxygen atoms in total. The van der Waals surface area contributed by atoms with E-state index >= 15 is 0 Å². The summed E-state index contributed by atoms with van der Waals surface area (Å²) < 4.78 is 11.7. The van der Waals surface area contributed by atoms with Crippen molar-refractivity contribution in [1.29, 1.82) is 0 Å². The van der Waals surface area contributed by atoms with E-state index in [1.807, 2.05) is 13.8 Å². The average Bonchev–Trinajstić information content (AvgIpc) is 3.58. The van der Waals surface area contributed by atoms with Crippen LogP contribution in [-0.2, 0) is 14.3 Å². The fourth-order valence-corrected chi connectivity index (χ4v) is 3.88. The Hall–Kier alpha value is -2.61. The topological polar surface area (TPSA) is 88.2 Å².